The Balaban J connectivity index is 1.26. The fourth-order valence-electron chi connectivity index (χ4n) is 4.59. The molecule has 0 radical (unpaired) electrons. The average Bonchev–Trinajstić information content (AvgIpc) is 3.36. The number of hydrogen-bond acceptors (Lipinski definition) is 7. The molecule has 0 saturated carbocycles. The van der Waals surface area contributed by atoms with Gasteiger partial charge in [-0.1, -0.05) is 60.7 Å². The summed E-state index contributed by atoms with van der Waals surface area (Å²) in [5, 5.41) is 0. The maximum atomic E-state index is 6.43. The number of hydrogen-bond donors (Lipinski definition) is 0. The van der Waals surface area contributed by atoms with Gasteiger partial charge in [-0.05, 0) is 24.3 Å². The summed E-state index contributed by atoms with van der Waals surface area (Å²) in [6, 6.07) is 27.1. The molecule has 3 aliphatic rings. The van der Waals surface area contributed by atoms with Gasteiger partial charge in [-0.3, -0.25) is 0 Å². The van der Waals surface area contributed by atoms with E-state index in [0.717, 1.165) is 16.9 Å². The summed E-state index contributed by atoms with van der Waals surface area (Å²) in [5.41, 5.74) is 1.89. The fourth-order valence-corrected chi connectivity index (χ4v) is 4.59. The Labute approximate surface area is 198 Å². The maximum absolute atomic E-state index is 6.43. The molecule has 4 unspecified atom stereocenters. The number of rotatable bonds is 5. The summed E-state index contributed by atoms with van der Waals surface area (Å²) in [4.78, 5) is 0. The molecule has 7 nitrogen and oxygen atoms in total. The lowest BCUT2D eigenvalue weighted by atomic mass is 9.98. The van der Waals surface area contributed by atoms with Crippen LogP contribution < -0.4 is 9.47 Å². The maximum Gasteiger partial charge on any atom is 0.229 e. The van der Waals surface area contributed by atoms with Crippen LogP contribution >= 0.6 is 0 Å². The Hall–Kier alpha value is -2.94. The van der Waals surface area contributed by atoms with Crippen LogP contribution in [0.5, 0.6) is 11.5 Å². The molecule has 0 N–H and O–H groups in total. The zero-order chi connectivity index (χ0) is 22.9. The van der Waals surface area contributed by atoms with Gasteiger partial charge in [-0.2, -0.15) is 0 Å². The van der Waals surface area contributed by atoms with Crippen LogP contribution in [0.15, 0.2) is 84.9 Å². The van der Waals surface area contributed by atoms with Crippen molar-refractivity contribution in [3.8, 4) is 11.5 Å². The predicted molar refractivity (Wildman–Crippen MR) is 121 cm³/mol. The van der Waals surface area contributed by atoms with Crippen LogP contribution in [0, 0.1) is 0 Å². The largest absolute Gasteiger partial charge is 0.497 e. The predicted octanol–water partition coefficient (Wildman–Crippen LogP) is 4.40. The smallest absolute Gasteiger partial charge is 0.229 e. The quantitative estimate of drug-likeness (QED) is 0.557. The van der Waals surface area contributed by atoms with Crippen molar-refractivity contribution >= 4 is 0 Å². The van der Waals surface area contributed by atoms with Gasteiger partial charge in [0.1, 0.15) is 29.8 Å². The Morgan fingerprint density at radius 1 is 0.618 bits per heavy atom. The summed E-state index contributed by atoms with van der Waals surface area (Å²) >= 11 is 0. The highest BCUT2D eigenvalue weighted by atomic mass is 16.8. The van der Waals surface area contributed by atoms with Gasteiger partial charge in [-0.25, -0.2) is 0 Å². The second kappa shape index (κ2) is 9.37. The van der Waals surface area contributed by atoms with E-state index in [1.54, 1.807) is 7.11 Å². The number of fused-ring (bicyclic) bond motifs is 3. The summed E-state index contributed by atoms with van der Waals surface area (Å²) < 4.78 is 43.0. The molecular weight excluding hydrogens is 436 g/mol. The number of methoxy groups -OCH3 is 1. The van der Waals surface area contributed by atoms with Gasteiger partial charge in [0.25, 0.3) is 0 Å². The Bertz CT molecular complexity index is 1080. The van der Waals surface area contributed by atoms with Gasteiger partial charge in [0.05, 0.1) is 13.7 Å². The van der Waals surface area contributed by atoms with Crippen molar-refractivity contribution in [1.29, 1.82) is 0 Å². The molecule has 3 heterocycles. The van der Waals surface area contributed by atoms with Gasteiger partial charge in [-0.15, -0.1) is 0 Å². The van der Waals surface area contributed by atoms with Crippen LogP contribution in [0.25, 0.3) is 0 Å². The van der Waals surface area contributed by atoms with E-state index in [4.69, 9.17) is 33.2 Å². The van der Waals surface area contributed by atoms with E-state index in [2.05, 4.69) is 0 Å². The van der Waals surface area contributed by atoms with Crippen molar-refractivity contribution in [2.24, 2.45) is 0 Å². The molecule has 7 heteroatoms. The molecule has 3 saturated heterocycles. The third-order valence-electron chi connectivity index (χ3n) is 6.30. The SMILES string of the molecule is COc1ccc(O[C@H]2OC3COC(c4ccccc4)O[C@H]3[C@H]3OC(c4ccccc4)OC23)cc1. The summed E-state index contributed by atoms with van der Waals surface area (Å²) in [6.07, 6.45) is -3.32. The molecular formula is C27H26O7. The van der Waals surface area contributed by atoms with Crippen LogP contribution in [-0.4, -0.2) is 44.4 Å². The second-order valence-electron chi connectivity index (χ2n) is 8.46. The van der Waals surface area contributed by atoms with Gasteiger partial charge in [0, 0.05) is 11.1 Å². The van der Waals surface area contributed by atoms with Crippen molar-refractivity contribution in [1.82, 2.24) is 0 Å². The average molecular weight is 462 g/mol. The van der Waals surface area contributed by atoms with Crippen LogP contribution in [0.3, 0.4) is 0 Å². The van der Waals surface area contributed by atoms with Crippen LogP contribution in [0.4, 0.5) is 0 Å². The van der Waals surface area contributed by atoms with E-state index in [1.807, 2.05) is 84.9 Å². The third kappa shape index (κ3) is 4.17. The summed E-state index contributed by atoms with van der Waals surface area (Å²) in [5.74, 6) is 1.40. The van der Waals surface area contributed by atoms with Crippen molar-refractivity contribution in [3.63, 3.8) is 0 Å². The Morgan fingerprint density at radius 2 is 1.21 bits per heavy atom. The van der Waals surface area contributed by atoms with Gasteiger partial charge in [0.15, 0.2) is 18.7 Å². The van der Waals surface area contributed by atoms with Crippen molar-refractivity contribution in [2.75, 3.05) is 13.7 Å². The molecule has 0 bridgehead atoms. The van der Waals surface area contributed by atoms with E-state index in [1.165, 1.54) is 0 Å². The molecule has 0 aromatic heterocycles. The molecule has 3 aromatic carbocycles. The summed E-state index contributed by atoms with van der Waals surface area (Å²) in [7, 11) is 1.63. The van der Waals surface area contributed by atoms with Gasteiger partial charge < -0.3 is 33.2 Å². The molecule has 0 aliphatic carbocycles. The summed E-state index contributed by atoms with van der Waals surface area (Å²) in [6.45, 7) is 0.356. The van der Waals surface area contributed by atoms with Crippen LogP contribution in [-0.2, 0) is 23.7 Å². The van der Waals surface area contributed by atoms with E-state index in [9.17, 15) is 0 Å². The normalized spacial score (nSPS) is 32.4. The lowest BCUT2D eigenvalue weighted by Crippen LogP contribution is -2.61. The molecule has 3 aromatic rings. The molecule has 3 aliphatic heterocycles. The highest BCUT2D eigenvalue weighted by Crippen LogP contribution is 2.43. The van der Waals surface area contributed by atoms with Crippen LogP contribution in [0.2, 0.25) is 0 Å². The van der Waals surface area contributed by atoms with E-state index < -0.39 is 25.0 Å². The molecule has 3 fully saturated rings. The first kappa shape index (κ1) is 21.6. The van der Waals surface area contributed by atoms with Gasteiger partial charge >= 0.3 is 0 Å². The zero-order valence-electron chi connectivity index (χ0n) is 18.7. The minimum absolute atomic E-state index is 0.356. The van der Waals surface area contributed by atoms with E-state index in [0.29, 0.717) is 12.4 Å². The number of ether oxygens (including phenoxy) is 7. The van der Waals surface area contributed by atoms with E-state index in [-0.39, 0.29) is 18.3 Å². The first-order valence-corrected chi connectivity index (χ1v) is 11.4. The standard InChI is InChI=1S/C27H26O7/c1-28-19-12-14-20(15-13-19)30-27-24-23(33-26(34-24)18-10-6-3-7-11-18)22-21(31-27)16-29-25(32-22)17-8-4-2-5-9-17/h2-15,21-27H,16H2,1H3/t21?,22-,23-,24?,25?,26?,27+/m1/s1. The lowest BCUT2D eigenvalue weighted by Gasteiger charge is -2.45. The first-order valence-electron chi connectivity index (χ1n) is 11.4. The third-order valence-corrected chi connectivity index (χ3v) is 6.30. The van der Waals surface area contributed by atoms with Gasteiger partial charge in [0.2, 0.25) is 6.29 Å². The highest BCUT2D eigenvalue weighted by molar-refractivity contribution is 5.31. The van der Waals surface area contributed by atoms with Crippen molar-refractivity contribution < 1.29 is 33.2 Å². The molecule has 6 rings (SSSR count). The lowest BCUT2D eigenvalue weighted by molar-refractivity contribution is -0.335. The van der Waals surface area contributed by atoms with Crippen molar-refractivity contribution in [2.45, 2.75) is 43.3 Å². The monoisotopic (exact) mass is 462 g/mol. The Morgan fingerprint density at radius 3 is 1.88 bits per heavy atom. The molecule has 0 amide bonds. The van der Waals surface area contributed by atoms with E-state index >= 15 is 0 Å². The Kier molecular flexibility index (Phi) is 5.95. The second-order valence-corrected chi connectivity index (χ2v) is 8.46. The molecule has 176 valence electrons. The highest BCUT2D eigenvalue weighted by Gasteiger charge is 2.57. The van der Waals surface area contributed by atoms with Crippen LogP contribution in [0.1, 0.15) is 23.7 Å². The molecule has 34 heavy (non-hydrogen) atoms. The minimum Gasteiger partial charge on any atom is -0.497 e. The minimum atomic E-state index is -0.686. The van der Waals surface area contributed by atoms with Crippen molar-refractivity contribution in [3.05, 3.63) is 96.1 Å². The number of benzene rings is 3. The fraction of sp³-hybridized carbons (Fsp3) is 0.333. The molecule has 7 atom stereocenters. The zero-order valence-corrected chi connectivity index (χ0v) is 18.7. The first-order chi connectivity index (χ1) is 16.8. The topological polar surface area (TPSA) is 64.6 Å². The molecule has 0 spiro atoms.